The second-order valence-corrected chi connectivity index (χ2v) is 8.73. The molecule has 0 bridgehead atoms. The second kappa shape index (κ2) is 6.33. The minimum atomic E-state index is -3.26. The molecule has 1 amide bonds. The van der Waals surface area contributed by atoms with E-state index in [2.05, 4.69) is 0 Å². The van der Waals surface area contributed by atoms with Crippen molar-refractivity contribution in [3.05, 3.63) is 29.3 Å². The Morgan fingerprint density at radius 1 is 1.24 bits per heavy atom. The Balaban J connectivity index is 1.84. The lowest BCUT2D eigenvalue weighted by Gasteiger charge is -2.25. The van der Waals surface area contributed by atoms with Gasteiger partial charge in [0.15, 0.2) is 0 Å². The molecular weight excluding hydrogens is 344 g/mol. The van der Waals surface area contributed by atoms with Gasteiger partial charge in [0.2, 0.25) is 10.0 Å². The second-order valence-electron chi connectivity index (χ2n) is 6.71. The van der Waals surface area contributed by atoms with Gasteiger partial charge in [-0.25, -0.2) is 8.42 Å². The predicted molar refractivity (Wildman–Crippen MR) is 93.2 cm³/mol. The number of anilines is 1. The van der Waals surface area contributed by atoms with Crippen molar-refractivity contribution < 1.29 is 23.1 Å². The van der Waals surface area contributed by atoms with E-state index in [9.17, 15) is 23.1 Å². The van der Waals surface area contributed by atoms with Crippen molar-refractivity contribution in [2.24, 2.45) is 5.92 Å². The molecule has 136 valence electrons. The molecule has 0 radical (unpaired) electrons. The third-order valence-electron chi connectivity index (χ3n) is 5.16. The standard InChI is InChI=1S/C17H22N2O5S/c1-11-10-13(19-7-3-9-25(19,23)24)4-5-14(11)16(20)18-8-6-15(12(18)2)17(21)22/h4-5,10,12,15H,3,6-9H2,1-2H3,(H,21,22). The number of nitrogens with zero attached hydrogens (tertiary/aromatic N) is 2. The lowest BCUT2D eigenvalue weighted by molar-refractivity contribution is -0.142. The molecule has 0 aromatic heterocycles. The van der Waals surface area contributed by atoms with Gasteiger partial charge in [0, 0.05) is 24.7 Å². The van der Waals surface area contributed by atoms with E-state index >= 15 is 0 Å². The van der Waals surface area contributed by atoms with Crippen LogP contribution in [-0.2, 0) is 14.8 Å². The van der Waals surface area contributed by atoms with Crippen molar-refractivity contribution in [2.45, 2.75) is 32.7 Å². The lowest BCUT2D eigenvalue weighted by Crippen LogP contribution is -2.38. The number of carbonyl (C=O) groups is 2. The van der Waals surface area contributed by atoms with E-state index in [0.717, 1.165) is 0 Å². The number of benzene rings is 1. The topological polar surface area (TPSA) is 95.0 Å². The van der Waals surface area contributed by atoms with Crippen LogP contribution in [0.5, 0.6) is 0 Å². The molecular formula is C17H22N2O5S. The molecule has 2 atom stereocenters. The van der Waals surface area contributed by atoms with Gasteiger partial charge in [0.05, 0.1) is 17.4 Å². The van der Waals surface area contributed by atoms with Crippen molar-refractivity contribution in [2.75, 3.05) is 23.1 Å². The number of amides is 1. The summed E-state index contributed by atoms with van der Waals surface area (Å²) in [5.74, 6) is -1.48. The Hall–Kier alpha value is -2.09. The molecule has 7 nitrogen and oxygen atoms in total. The zero-order chi connectivity index (χ0) is 18.4. The number of likely N-dealkylation sites (tertiary alicyclic amines) is 1. The molecule has 2 saturated heterocycles. The number of aliphatic carboxylic acids is 1. The molecule has 25 heavy (non-hydrogen) atoms. The highest BCUT2D eigenvalue weighted by atomic mass is 32.2. The van der Waals surface area contributed by atoms with Crippen molar-refractivity contribution in [3.8, 4) is 0 Å². The maximum Gasteiger partial charge on any atom is 0.308 e. The number of carboxylic acid groups (broad SMARTS) is 1. The number of hydrogen-bond acceptors (Lipinski definition) is 4. The highest BCUT2D eigenvalue weighted by molar-refractivity contribution is 7.93. The van der Waals surface area contributed by atoms with Gasteiger partial charge in [-0.05, 0) is 50.5 Å². The summed E-state index contributed by atoms with van der Waals surface area (Å²) in [7, 11) is -3.26. The number of aryl methyl sites for hydroxylation is 1. The van der Waals surface area contributed by atoms with Gasteiger partial charge in [-0.3, -0.25) is 13.9 Å². The zero-order valence-electron chi connectivity index (χ0n) is 14.3. The molecule has 2 heterocycles. The molecule has 2 unspecified atom stereocenters. The fourth-order valence-electron chi connectivity index (χ4n) is 3.68. The maximum absolute atomic E-state index is 12.8. The fraction of sp³-hybridized carbons (Fsp3) is 0.529. The third-order valence-corrected chi connectivity index (χ3v) is 7.03. The maximum atomic E-state index is 12.8. The van der Waals surface area contributed by atoms with Gasteiger partial charge >= 0.3 is 5.97 Å². The summed E-state index contributed by atoms with van der Waals surface area (Å²) in [6, 6.07) is 4.65. The van der Waals surface area contributed by atoms with Crippen LogP contribution in [0.15, 0.2) is 18.2 Å². The first-order valence-electron chi connectivity index (χ1n) is 8.37. The number of hydrogen-bond donors (Lipinski definition) is 1. The summed E-state index contributed by atoms with van der Waals surface area (Å²) >= 11 is 0. The van der Waals surface area contributed by atoms with Crippen molar-refractivity contribution in [1.29, 1.82) is 0 Å². The van der Waals surface area contributed by atoms with Crippen LogP contribution in [0.3, 0.4) is 0 Å². The Bertz CT molecular complexity index is 820. The number of carbonyl (C=O) groups excluding carboxylic acids is 1. The van der Waals surface area contributed by atoms with Gasteiger partial charge in [-0.15, -0.1) is 0 Å². The van der Waals surface area contributed by atoms with Crippen LogP contribution in [0, 0.1) is 12.8 Å². The van der Waals surface area contributed by atoms with Crippen LogP contribution >= 0.6 is 0 Å². The molecule has 2 aliphatic heterocycles. The predicted octanol–water partition coefficient (Wildman–Crippen LogP) is 1.47. The van der Waals surface area contributed by atoms with Crippen LogP contribution in [-0.4, -0.2) is 55.2 Å². The first-order chi connectivity index (χ1) is 11.7. The van der Waals surface area contributed by atoms with E-state index in [1.165, 1.54) is 4.31 Å². The van der Waals surface area contributed by atoms with Crippen molar-refractivity contribution in [3.63, 3.8) is 0 Å². The van der Waals surface area contributed by atoms with E-state index in [4.69, 9.17) is 0 Å². The van der Waals surface area contributed by atoms with Crippen LogP contribution in [0.1, 0.15) is 35.7 Å². The summed E-state index contributed by atoms with van der Waals surface area (Å²) in [4.78, 5) is 25.6. The molecule has 8 heteroatoms. The Morgan fingerprint density at radius 3 is 2.48 bits per heavy atom. The minimum Gasteiger partial charge on any atom is -0.481 e. The number of sulfonamides is 1. The van der Waals surface area contributed by atoms with Crippen molar-refractivity contribution in [1.82, 2.24) is 4.90 Å². The largest absolute Gasteiger partial charge is 0.481 e. The average Bonchev–Trinajstić information content (AvgIpc) is 3.08. The summed E-state index contributed by atoms with van der Waals surface area (Å²) in [5.41, 5.74) is 1.75. The quantitative estimate of drug-likeness (QED) is 0.874. The third kappa shape index (κ3) is 3.10. The van der Waals surface area contributed by atoms with Gasteiger partial charge in [-0.1, -0.05) is 0 Å². The van der Waals surface area contributed by atoms with E-state index in [1.54, 1.807) is 36.9 Å². The number of rotatable bonds is 3. The van der Waals surface area contributed by atoms with Crippen molar-refractivity contribution >= 4 is 27.6 Å². The van der Waals surface area contributed by atoms with E-state index in [-0.39, 0.29) is 17.7 Å². The molecule has 0 saturated carbocycles. The van der Waals surface area contributed by atoms with E-state index in [1.807, 2.05) is 0 Å². The minimum absolute atomic E-state index is 0.147. The summed E-state index contributed by atoms with van der Waals surface area (Å²) in [6.07, 6.45) is 1.05. The van der Waals surface area contributed by atoms with Gasteiger partial charge in [0.25, 0.3) is 5.91 Å². The monoisotopic (exact) mass is 366 g/mol. The highest BCUT2D eigenvalue weighted by Gasteiger charge is 2.38. The van der Waals surface area contributed by atoms with Crippen LogP contribution in [0.4, 0.5) is 5.69 Å². The first kappa shape index (κ1) is 17.7. The molecule has 1 aromatic rings. The van der Waals surface area contributed by atoms with E-state index < -0.39 is 21.9 Å². The highest BCUT2D eigenvalue weighted by Crippen LogP contribution is 2.29. The van der Waals surface area contributed by atoms with E-state index in [0.29, 0.717) is 42.7 Å². The van der Waals surface area contributed by atoms with Crippen LogP contribution in [0.25, 0.3) is 0 Å². The summed E-state index contributed by atoms with van der Waals surface area (Å²) in [5, 5.41) is 9.21. The first-order valence-corrected chi connectivity index (χ1v) is 9.98. The van der Waals surface area contributed by atoms with Gasteiger partial charge < -0.3 is 10.0 Å². The van der Waals surface area contributed by atoms with Crippen LogP contribution in [0.2, 0.25) is 0 Å². The molecule has 0 aliphatic carbocycles. The Morgan fingerprint density at radius 2 is 1.96 bits per heavy atom. The zero-order valence-corrected chi connectivity index (χ0v) is 15.1. The van der Waals surface area contributed by atoms with Gasteiger partial charge in [0.1, 0.15) is 0 Å². The SMILES string of the molecule is Cc1cc(N2CCCS2(=O)=O)ccc1C(=O)N1CCC(C(=O)O)C1C. The Labute approximate surface area is 147 Å². The van der Waals surface area contributed by atoms with Crippen LogP contribution < -0.4 is 4.31 Å². The molecule has 2 fully saturated rings. The van der Waals surface area contributed by atoms with Gasteiger partial charge in [-0.2, -0.15) is 0 Å². The fourth-order valence-corrected chi connectivity index (χ4v) is 5.24. The molecule has 0 spiro atoms. The lowest BCUT2D eigenvalue weighted by atomic mass is 10.0. The molecule has 1 N–H and O–H groups in total. The number of carboxylic acids is 1. The summed E-state index contributed by atoms with van der Waals surface area (Å²) < 4.78 is 25.5. The molecule has 2 aliphatic rings. The molecule has 3 rings (SSSR count). The summed E-state index contributed by atoms with van der Waals surface area (Å²) in [6.45, 7) is 4.40. The average molecular weight is 366 g/mol. The smallest absolute Gasteiger partial charge is 0.308 e. The normalized spacial score (nSPS) is 25.4. The molecule has 1 aromatic carbocycles. The Kier molecular flexibility index (Phi) is 4.49.